The zero-order valence-electron chi connectivity index (χ0n) is 16.9. The van der Waals surface area contributed by atoms with Gasteiger partial charge in [-0.15, -0.1) is 0 Å². The molecule has 0 atom stereocenters. The minimum atomic E-state index is -3.78. The summed E-state index contributed by atoms with van der Waals surface area (Å²) in [5.74, 6) is -0.829. The number of hydrogen-bond acceptors (Lipinski definition) is 4. The standard InChI is InChI=1S/C21H24FN3O4S/c1-16(26)24-9-11-25(12-10-24)30(28,29)20-8-4-6-18(14-20)21(27)23(2)15-17-5-3-7-19(22)13-17/h3-8,13-14H,9-12,15H2,1-2H3. The van der Waals surface area contributed by atoms with Gasteiger partial charge in [-0.2, -0.15) is 4.31 Å². The first-order chi connectivity index (χ1) is 14.2. The monoisotopic (exact) mass is 433 g/mol. The smallest absolute Gasteiger partial charge is 0.253 e. The van der Waals surface area contributed by atoms with Gasteiger partial charge in [0.1, 0.15) is 5.82 Å². The summed E-state index contributed by atoms with van der Waals surface area (Å²) >= 11 is 0. The molecule has 9 heteroatoms. The van der Waals surface area contributed by atoms with Crippen LogP contribution < -0.4 is 0 Å². The van der Waals surface area contributed by atoms with Crippen LogP contribution in [0.3, 0.4) is 0 Å². The van der Waals surface area contributed by atoms with E-state index in [1.807, 2.05) is 0 Å². The number of nitrogens with zero attached hydrogens (tertiary/aromatic N) is 3. The highest BCUT2D eigenvalue weighted by Gasteiger charge is 2.29. The number of rotatable bonds is 5. The van der Waals surface area contributed by atoms with E-state index in [0.29, 0.717) is 18.7 Å². The van der Waals surface area contributed by atoms with E-state index in [9.17, 15) is 22.4 Å². The van der Waals surface area contributed by atoms with Crippen molar-refractivity contribution in [1.82, 2.24) is 14.1 Å². The van der Waals surface area contributed by atoms with Crippen LogP contribution in [0, 0.1) is 5.82 Å². The Kier molecular flexibility index (Phi) is 6.52. The molecule has 3 rings (SSSR count). The molecule has 1 fully saturated rings. The number of sulfonamides is 1. The van der Waals surface area contributed by atoms with E-state index in [4.69, 9.17) is 0 Å². The number of piperazine rings is 1. The van der Waals surface area contributed by atoms with Gasteiger partial charge in [-0.05, 0) is 35.9 Å². The lowest BCUT2D eigenvalue weighted by Gasteiger charge is -2.33. The average molecular weight is 434 g/mol. The largest absolute Gasteiger partial charge is 0.340 e. The van der Waals surface area contributed by atoms with Gasteiger partial charge in [0.2, 0.25) is 15.9 Å². The van der Waals surface area contributed by atoms with Crippen molar-refractivity contribution >= 4 is 21.8 Å². The molecule has 2 amide bonds. The lowest BCUT2D eigenvalue weighted by Crippen LogP contribution is -2.49. The minimum Gasteiger partial charge on any atom is -0.340 e. The number of carbonyl (C=O) groups excluding carboxylic acids is 2. The highest BCUT2D eigenvalue weighted by atomic mass is 32.2. The maximum Gasteiger partial charge on any atom is 0.253 e. The van der Waals surface area contributed by atoms with Crippen LogP contribution in [0.15, 0.2) is 53.4 Å². The number of benzene rings is 2. The Labute approximate surface area is 175 Å². The summed E-state index contributed by atoms with van der Waals surface area (Å²) in [6.07, 6.45) is 0. The van der Waals surface area contributed by atoms with Crippen molar-refractivity contribution in [3.05, 3.63) is 65.5 Å². The molecule has 0 spiro atoms. The summed E-state index contributed by atoms with van der Waals surface area (Å²) in [7, 11) is -2.20. The Morgan fingerprint density at radius 2 is 1.70 bits per heavy atom. The van der Waals surface area contributed by atoms with Crippen LogP contribution in [0.2, 0.25) is 0 Å². The summed E-state index contributed by atoms with van der Waals surface area (Å²) < 4.78 is 40.7. The molecule has 160 valence electrons. The zero-order valence-corrected chi connectivity index (χ0v) is 17.7. The lowest BCUT2D eigenvalue weighted by atomic mass is 10.1. The number of amides is 2. The van der Waals surface area contributed by atoms with Crippen LogP contribution in [0.1, 0.15) is 22.8 Å². The quantitative estimate of drug-likeness (QED) is 0.722. The number of carbonyl (C=O) groups is 2. The van der Waals surface area contributed by atoms with E-state index in [-0.39, 0.29) is 47.7 Å². The Bertz CT molecular complexity index is 1050. The van der Waals surface area contributed by atoms with Crippen LogP contribution in [0.25, 0.3) is 0 Å². The summed E-state index contributed by atoms with van der Waals surface area (Å²) in [5.41, 5.74) is 0.871. The van der Waals surface area contributed by atoms with Crippen LogP contribution >= 0.6 is 0 Å². The molecule has 2 aromatic carbocycles. The second-order valence-electron chi connectivity index (χ2n) is 7.23. The van der Waals surface area contributed by atoms with E-state index >= 15 is 0 Å². The van der Waals surface area contributed by atoms with E-state index in [1.165, 1.54) is 46.5 Å². The summed E-state index contributed by atoms with van der Waals surface area (Å²) in [5, 5.41) is 0. The zero-order chi connectivity index (χ0) is 21.9. The van der Waals surface area contributed by atoms with Crippen molar-refractivity contribution in [3.63, 3.8) is 0 Å². The van der Waals surface area contributed by atoms with Gasteiger partial charge >= 0.3 is 0 Å². The van der Waals surface area contributed by atoms with Crippen molar-refractivity contribution in [2.45, 2.75) is 18.4 Å². The summed E-state index contributed by atoms with van der Waals surface area (Å²) in [6.45, 7) is 2.74. The van der Waals surface area contributed by atoms with Crippen molar-refractivity contribution in [1.29, 1.82) is 0 Å². The average Bonchev–Trinajstić information content (AvgIpc) is 2.73. The molecule has 7 nitrogen and oxygen atoms in total. The first-order valence-corrected chi connectivity index (χ1v) is 11.0. The fraction of sp³-hybridized carbons (Fsp3) is 0.333. The van der Waals surface area contributed by atoms with E-state index in [2.05, 4.69) is 0 Å². The Morgan fingerprint density at radius 3 is 2.33 bits per heavy atom. The van der Waals surface area contributed by atoms with E-state index < -0.39 is 10.0 Å². The number of halogens is 1. The molecule has 0 aromatic heterocycles. The highest BCUT2D eigenvalue weighted by Crippen LogP contribution is 2.20. The van der Waals surface area contributed by atoms with Gasteiger partial charge < -0.3 is 9.80 Å². The van der Waals surface area contributed by atoms with Gasteiger partial charge in [0.15, 0.2) is 0 Å². The first kappa shape index (κ1) is 21.9. The molecule has 1 heterocycles. The van der Waals surface area contributed by atoms with Gasteiger partial charge in [0, 0.05) is 52.3 Å². The topological polar surface area (TPSA) is 78.0 Å². The Balaban J connectivity index is 1.75. The van der Waals surface area contributed by atoms with Crippen molar-refractivity contribution in [3.8, 4) is 0 Å². The molecule has 0 bridgehead atoms. The SMILES string of the molecule is CC(=O)N1CCN(S(=O)(=O)c2cccc(C(=O)N(C)Cc3cccc(F)c3)c2)CC1. The predicted octanol–water partition coefficient (Wildman–Crippen LogP) is 1.95. The third-order valence-corrected chi connectivity index (χ3v) is 6.95. The van der Waals surface area contributed by atoms with Gasteiger partial charge in [0.25, 0.3) is 5.91 Å². The molecule has 2 aromatic rings. The van der Waals surface area contributed by atoms with Crippen LogP contribution in [0.4, 0.5) is 4.39 Å². The molecule has 1 aliphatic rings. The molecule has 1 aliphatic heterocycles. The van der Waals surface area contributed by atoms with Crippen molar-refractivity contribution < 1.29 is 22.4 Å². The minimum absolute atomic E-state index is 0.0313. The fourth-order valence-electron chi connectivity index (χ4n) is 3.38. The molecule has 0 N–H and O–H groups in total. The maximum atomic E-state index is 13.4. The highest BCUT2D eigenvalue weighted by molar-refractivity contribution is 7.89. The van der Waals surface area contributed by atoms with Crippen molar-refractivity contribution in [2.75, 3.05) is 33.2 Å². The first-order valence-electron chi connectivity index (χ1n) is 9.54. The molecule has 0 saturated carbocycles. The van der Waals surface area contributed by atoms with Crippen molar-refractivity contribution in [2.24, 2.45) is 0 Å². The molecule has 30 heavy (non-hydrogen) atoms. The third kappa shape index (κ3) is 4.85. The third-order valence-electron chi connectivity index (χ3n) is 5.06. The van der Waals surface area contributed by atoms with Crippen LogP contribution in [0.5, 0.6) is 0 Å². The summed E-state index contributed by atoms with van der Waals surface area (Å²) in [6, 6.07) is 11.9. The molecular weight excluding hydrogens is 409 g/mol. The summed E-state index contributed by atoms with van der Waals surface area (Å²) in [4.78, 5) is 27.3. The van der Waals surface area contributed by atoms with Gasteiger partial charge in [-0.3, -0.25) is 9.59 Å². The van der Waals surface area contributed by atoms with E-state index in [0.717, 1.165) is 0 Å². The fourth-order valence-corrected chi connectivity index (χ4v) is 4.85. The van der Waals surface area contributed by atoms with Crippen LogP contribution in [-0.4, -0.2) is 67.6 Å². The normalized spacial score (nSPS) is 15.1. The molecule has 1 saturated heterocycles. The second kappa shape index (κ2) is 8.93. The van der Waals surface area contributed by atoms with Gasteiger partial charge in [-0.25, -0.2) is 12.8 Å². The van der Waals surface area contributed by atoms with E-state index in [1.54, 1.807) is 30.1 Å². The lowest BCUT2D eigenvalue weighted by molar-refractivity contribution is -0.129. The molecule has 0 unspecified atom stereocenters. The Hall–Kier alpha value is -2.78. The second-order valence-corrected chi connectivity index (χ2v) is 9.17. The van der Waals surface area contributed by atoms with Gasteiger partial charge in [0.05, 0.1) is 4.90 Å². The Morgan fingerprint density at radius 1 is 1.03 bits per heavy atom. The molecular formula is C21H24FN3O4S. The molecule has 0 radical (unpaired) electrons. The van der Waals surface area contributed by atoms with Gasteiger partial charge in [-0.1, -0.05) is 18.2 Å². The van der Waals surface area contributed by atoms with Crippen LogP contribution in [-0.2, 0) is 21.4 Å². The predicted molar refractivity (Wildman–Crippen MR) is 110 cm³/mol. The maximum absolute atomic E-state index is 13.4. The number of hydrogen-bond donors (Lipinski definition) is 0. The molecule has 0 aliphatic carbocycles.